The van der Waals surface area contributed by atoms with E-state index in [2.05, 4.69) is 17.5 Å². The Balaban J connectivity index is 1.41. The number of aryl methyl sites for hydroxylation is 1. The van der Waals surface area contributed by atoms with Crippen molar-refractivity contribution in [3.63, 3.8) is 0 Å². The SMILES string of the molecule is Cc1ccc(C(OC(=O)C2CCCCC2)c2ccc(-c3ccccc3C(=O)O)cc2)n2cc(C3CC3)nc12. The molecule has 6 rings (SSSR count). The molecular weight excluding hydrogens is 476 g/mol. The Morgan fingerprint density at radius 3 is 2.39 bits per heavy atom. The minimum absolute atomic E-state index is 0.0706. The highest BCUT2D eigenvalue weighted by molar-refractivity contribution is 5.96. The van der Waals surface area contributed by atoms with Crippen LogP contribution in [0.3, 0.4) is 0 Å². The van der Waals surface area contributed by atoms with Crippen molar-refractivity contribution in [3.05, 3.63) is 94.9 Å². The van der Waals surface area contributed by atoms with E-state index in [1.165, 1.54) is 6.42 Å². The normalized spacial score (nSPS) is 16.9. The van der Waals surface area contributed by atoms with Gasteiger partial charge in [-0.25, -0.2) is 9.78 Å². The van der Waals surface area contributed by atoms with Gasteiger partial charge in [0.1, 0.15) is 5.65 Å². The second-order valence-electron chi connectivity index (χ2n) is 10.7. The summed E-state index contributed by atoms with van der Waals surface area (Å²) < 4.78 is 8.41. The highest BCUT2D eigenvalue weighted by Gasteiger charge is 2.30. The highest BCUT2D eigenvalue weighted by Crippen LogP contribution is 2.40. The molecule has 1 N–H and O–H groups in total. The first-order valence-electron chi connectivity index (χ1n) is 13.6. The van der Waals surface area contributed by atoms with Crippen molar-refractivity contribution in [3.8, 4) is 11.1 Å². The molecular formula is C32H32N2O4. The number of benzene rings is 2. The summed E-state index contributed by atoms with van der Waals surface area (Å²) in [6, 6.07) is 18.8. The van der Waals surface area contributed by atoms with Crippen LogP contribution in [0.2, 0.25) is 0 Å². The molecule has 0 bridgehead atoms. The van der Waals surface area contributed by atoms with Crippen molar-refractivity contribution in [2.75, 3.05) is 0 Å². The molecule has 6 nitrogen and oxygen atoms in total. The number of aromatic nitrogens is 2. The summed E-state index contributed by atoms with van der Waals surface area (Å²) in [6.45, 7) is 2.06. The number of nitrogens with zero attached hydrogens (tertiary/aromatic N) is 2. The van der Waals surface area contributed by atoms with Crippen LogP contribution < -0.4 is 0 Å². The van der Waals surface area contributed by atoms with Crippen LogP contribution in [-0.4, -0.2) is 26.4 Å². The molecule has 2 aromatic carbocycles. The molecule has 0 aliphatic heterocycles. The number of fused-ring (bicyclic) bond motifs is 1. The second kappa shape index (κ2) is 10.1. The first-order valence-corrected chi connectivity index (χ1v) is 13.6. The summed E-state index contributed by atoms with van der Waals surface area (Å²) in [6.07, 6.45) is 8.87. The third-order valence-electron chi connectivity index (χ3n) is 7.98. The van der Waals surface area contributed by atoms with E-state index in [0.29, 0.717) is 11.5 Å². The van der Waals surface area contributed by atoms with Crippen LogP contribution in [0, 0.1) is 12.8 Å². The standard InChI is InChI=1S/C32H32N2O4/c1-20-11-18-28(34-19-27(22-14-15-22)33-30(20)34)29(38-32(37)24-7-3-2-4-8-24)23-16-12-21(13-17-23)25-9-5-6-10-26(25)31(35)36/h5-6,9-13,16-19,22,24,29H,2-4,7-8,14-15H2,1H3,(H,35,36). The Hall–Kier alpha value is -3.93. The molecule has 1 atom stereocenters. The topological polar surface area (TPSA) is 80.9 Å². The Bertz CT molecular complexity index is 1490. The summed E-state index contributed by atoms with van der Waals surface area (Å²) >= 11 is 0. The van der Waals surface area contributed by atoms with Gasteiger partial charge in [-0.2, -0.15) is 0 Å². The zero-order valence-corrected chi connectivity index (χ0v) is 21.6. The van der Waals surface area contributed by atoms with E-state index in [0.717, 1.165) is 72.3 Å². The molecule has 2 heterocycles. The van der Waals surface area contributed by atoms with Crippen LogP contribution in [0.25, 0.3) is 16.8 Å². The van der Waals surface area contributed by atoms with Crippen molar-refractivity contribution >= 4 is 17.6 Å². The van der Waals surface area contributed by atoms with Crippen LogP contribution in [0.5, 0.6) is 0 Å². The van der Waals surface area contributed by atoms with Gasteiger partial charge in [-0.1, -0.05) is 67.8 Å². The number of rotatable bonds is 7. The molecule has 6 heteroatoms. The van der Waals surface area contributed by atoms with Gasteiger partial charge in [-0.05, 0) is 67.0 Å². The summed E-state index contributed by atoms with van der Waals surface area (Å²) in [5.74, 6) is -0.665. The van der Waals surface area contributed by atoms with E-state index in [1.54, 1.807) is 12.1 Å². The van der Waals surface area contributed by atoms with Gasteiger partial charge in [0.2, 0.25) is 0 Å². The van der Waals surface area contributed by atoms with E-state index < -0.39 is 12.1 Å². The van der Waals surface area contributed by atoms with Gasteiger partial charge in [0.25, 0.3) is 0 Å². The van der Waals surface area contributed by atoms with Crippen LogP contribution in [0.4, 0.5) is 0 Å². The molecule has 0 spiro atoms. The smallest absolute Gasteiger partial charge is 0.336 e. The average Bonchev–Trinajstić information content (AvgIpc) is 3.70. The number of aromatic carboxylic acids is 1. The third kappa shape index (κ3) is 4.71. The molecule has 2 aliphatic rings. The van der Waals surface area contributed by atoms with Gasteiger partial charge in [0, 0.05) is 12.1 Å². The van der Waals surface area contributed by atoms with Crippen LogP contribution in [0.15, 0.2) is 66.9 Å². The number of esters is 1. The van der Waals surface area contributed by atoms with E-state index >= 15 is 0 Å². The Kier molecular flexibility index (Phi) is 6.48. The maximum absolute atomic E-state index is 13.4. The summed E-state index contributed by atoms with van der Waals surface area (Å²) in [4.78, 5) is 30.1. The van der Waals surface area contributed by atoms with Gasteiger partial charge in [-0.3, -0.25) is 9.20 Å². The zero-order chi connectivity index (χ0) is 26.2. The molecule has 0 radical (unpaired) electrons. The number of imidazole rings is 1. The molecule has 38 heavy (non-hydrogen) atoms. The molecule has 0 amide bonds. The van der Waals surface area contributed by atoms with Gasteiger partial charge in [0.05, 0.1) is 22.9 Å². The average molecular weight is 509 g/mol. The quantitative estimate of drug-likeness (QED) is 0.269. The predicted octanol–water partition coefficient (Wildman–Crippen LogP) is 7.10. The number of carbonyl (C=O) groups excluding carboxylic acids is 1. The fraction of sp³-hybridized carbons (Fsp3) is 0.344. The zero-order valence-electron chi connectivity index (χ0n) is 21.6. The number of hydrogen-bond acceptors (Lipinski definition) is 4. The predicted molar refractivity (Wildman–Crippen MR) is 145 cm³/mol. The van der Waals surface area contributed by atoms with Gasteiger partial charge >= 0.3 is 11.9 Å². The minimum Gasteiger partial charge on any atom is -0.478 e. The van der Waals surface area contributed by atoms with Gasteiger partial charge < -0.3 is 9.84 Å². The molecule has 0 saturated heterocycles. The number of carboxylic acids is 1. The summed E-state index contributed by atoms with van der Waals surface area (Å²) in [5, 5.41) is 9.64. The number of hydrogen-bond donors (Lipinski definition) is 1. The monoisotopic (exact) mass is 508 g/mol. The number of pyridine rings is 1. The van der Waals surface area contributed by atoms with Crippen LogP contribution >= 0.6 is 0 Å². The second-order valence-corrected chi connectivity index (χ2v) is 10.7. The molecule has 2 aliphatic carbocycles. The van der Waals surface area contributed by atoms with Crippen molar-refractivity contribution in [2.45, 2.75) is 63.9 Å². The first kappa shape index (κ1) is 24.4. The van der Waals surface area contributed by atoms with E-state index in [4.69, 9.17) is 9.72 Å². The largest absolute Gasteiger partial charge is 0.478 e. The van der Waals surface area contributed by atoms with Gasteiger partial charge in [-0.15, -0.1) is 0 Å². The fourth-order valence-electron chi connectivity index (χ4n) is 5.64. The number of carboxylic acid groups (broad SMARTS) is 1. The Labute approximate surface area is 222 Å². The van der Waals surface area contributed by atoms with Crippen LogP contribution in [-0.2, 0) is 9.53 Å². The first-order chi connectivity index (χ1) is 18.5. The van der Waals surface area contributed by atoms with Crippen molar-refractivity contribution in [1.82, 2.24) is 9.38 Å². The highest BCUT2D eigenvalue weighted by atomic mass is 16.5. The number of ether oxygens (including phenoxy) is 1. The fourth-order valence-corrected chi connectivity index (χ4v) is 5.64. The van der Waals surface area contributed by atoms with Gasteiger partial charge in [0.15, 0.2) is 6.10 Å². The Morgan fingerprint density at radius 2 is 1.68 bits per heavy atom. The maximum atomic E-state index is 13.4. The minimum atomic E-state index is -0.961. The lowest BCUT2D eigenvalue weighted by Gasteiger charge is -2.25. The summed E-state index contributed by atoms with van der Waals surface area (Å²) in [5.41, 5.74) is 6.50. The number of carbonyl (C=O) groups is 2. The maximum Gasteiger partial charge on any atom is 0.336 e. The van der Waals surface area contributed by atoms with Crippen molar-refractivity contribution < 1.29 is 19.4 Å². The molecule has 4 aromatic rings. The van der Waals surface area contributed by atoms with E-state index in [-0.39, 0.29) is 17.5 Å². The molecule has 2 saturated carbocycles. The summed E-state index contributed by atoms with van der Waals surface area (Å²) in [7, 11) is 0. The molecule has 2 aromatic heterocycles. The third-order valence-corrected chi connectivity index (χ3v) is 7.98. The van der Waals surface area contributed by atoms with E-state index in [9.17, 15) is 14.7 Å². The van der Waals surface area contributed by atoms with Crippen molar-refractivity contribution in [1.29, 1.82) is 0 Å². The Morgan fingerprint density at radius 1 is 0.947 bits per heavy atom. The lowest BCUT2D eigenvalue weighted by Crippen LogP contribution is -2.24. The van der Waals surface area contributed by atoms with E-state index in [1.807, 2.05) is 48.5 Å². The molecule has 2 fully saturated rings. The lowest BCUT2D eigenvalue weighted by molar-refractivity contribution is -0.153. The molecule has 194 valence electrons. The molecule has 1 unspecified atom stereocenters. The lowest BCUT2D eigenvalue weighted by atomic mass is 9.89. The van der Waals surface area contributed by atoms with Crippen molar-refractivity contribution in [2.24, 2.45) is 5.92 Å². The van der Waals surface area contributed by atoms with Crippen LogP contribution in [0.1, 0.15) is 89.8 Å².